The molecule has 0 aliphatic heterocycles. The Bertz CT molecular complexity index is 1800. The molecule has 0 aliphatic carbocycles. The van der Waals surface area contributed by atoms with E-state index in [0.717, 1.165) is 122 Å². The number of carbonyl (C=O) groups excluding carboxylic acids is 3. The van der Waals surface area contributed by atoms with Gasteiger partial charge in [-0.15, -0.1) is 0 Å². The van der Waals surface area contributed by atoms with E-state index in [4.69, 9.17) is 23.3 Å². The molecule has 0 radical (unpaired) electrons. The molecule has 3 unspecified atom stereocenters. The van der Waals surface area contributed by atoms with Gasteiger partial charge < -0.3 is 24.2 Å². The molecular formula is C68H113O11P. The number of ether oxygens (including phenoxy) is 3. The van der Waals surface area contributed by atoms with Crippen molar-refractivity contribution < 1.29 is 52.2 Å². The quantitative estimate of drug-likeness (QED) is 0.0197. The smallest absolute Gasteiger partial charge is 0.462 e. The molecule has 2 N–H and O–H groups in total. The van der Waals surface area contributed by atoms with Crippen LogP contribution in [0.3, 0.4) is 0 Å². The maximum Gasteiger partial charge on any atom is 0.472 e. The van der Waals surface area contributed by atoms with E-state index in [1.165, 1.54) is 64.2 Å². The number of phosphoric ester groups is 1. The third-order valence-electron chi connectivity index (χ3n) is 12.8. The molecule has 0 aromatic carbocycles. The van der Waals surface area contributed by atoms with Gasteiger partial charge in [0.15, 0.2) is 6.10 Å². The van der Waals surface area contributed by atoms with Crippen molar-refractivity contribution in [3.63, 3.8) is 0 Å². The lowest BCUT2D eigenvalue weighted by molar-refractivity contribution is -0.161. The zero-order valence-corrected chi connectivity index (χ0v) is 51.4. The molecule has 12 heteroatoms. The first kappa shape index (κ1) is 75.9. The molecule has 11 nitrogen and oxygen atoms in total. The Balaban J connectivity index is 4.81. The van der Waals surface area contributed by atoms with Crippen molar-refractivity contribution in [1.29, 1.82) is 0 Å². The maximum atomic E-state index is 13.0. The van der Waals surface area contributed by atoms with Crippen LogP contribution in [0, 0.1) is 0 Å². The Morgan fingerprint density at radius 1 is 0.362 bits per heavy atom. The first-order valence-electron chi connectivity index (χ1n) is 31.4. The molecule has 0 spiro atoms. The highest BCUT2D eigenvalue weighted by Gasteiger charge is 2.28. The number of esters is 3. The van der Waals surface area contributed by atoms with Gasteiger partial charge in [-0.1, -0.05) is 232 Å². The highest BCUT2D eigenvalue weighted by atomic mass is 31.2. The molecule has 0 rings (SSSR count). The summed E-state index contributed by atoms with van der Waals surface area (Å²) in [5, 5.41) is 9.84. The molecule has 0 saturated carbocycles. The number of unbranched alkanes of at least 4 members (excludes halogenated alkanes) is 20. The van der Waals surface area contributed by atoms with Crippen LogP contribution in [0.5, 0.6) is 0 Å². The fourth-order valence-electron chi connectivity index (χ4n) is 8.14. The number of hydrogen-bond acceptors (Lipinski definition) is 10. The van der Waals surface area contributed by atoms with Crippen molar-refractivity contribution in [2.24, 2.45) is 0 Å². The van der Waals surface area contributed by atoms with Crippen LogP contribution in [0.2, 0.25) is 0 Å². The predicted octanol–water partition coefficient (Wildman–Crippen LogP) is 19.1. The van der Waals surface area contributed by atoms with Crippen LogP contribution in [-0.4, -0.2) is 66.5 Å². The topological polar surface area (TPSA) is 155 Å². The molecule has 0 aliphatic rings. The van der Waals surface area contributed by atoms with E-state index in [0.29, 0.717) is 25.7 Å². The first-order chi connectivity index (χ1) is 39.2. The summed E-state index contributed by atoms with van der Waals surface area (Å²) in [6.07, 6.45) is 75.8. The number of hydrogen-bond donors (Lipinski definition) is 2. The van der Waals surface area contributed by atoms with Crippen molar-refractivity contribution in [3.8, 4) is 0 Å². The van der Waals surface area contributed by atoms with Crippen molar-refractivity contribution in [2.45, 2.75) is 264 Å². The normalized spacial score (nSPS) is 14.1. The van der Waals surface area contributed by atoms with Gasteiger partial charge in [0.25, 0.3) is 0 Å². The van der Waals surface area contributed by atoms with Crippen LogP contribution in [0.15, 0.2) is 122 Å². The zero-order chi connectivity index (χ0) is 58.3. The molecule has 3 atom stereocenters. The van der Waals surface area contributed by atoms with Gasteiger partial charge in [0.05, 0.1) is 19.8 Å². The van der Waals surface area contributed by atoms with Gasteiger partial charge in [0.1, 0.15) is 12.7 Å². The molecular weight excluding hydrogens is 1020 g/mol. The first-order valence-corrected chi connectivity index (χ1v) is 32.9. The summed E-state index contributed by atoms with van der Waals surface area (Å²) < 4.78 is 39.6. The van der Waals surface area contributed by atoms with Crippen molar-refractivity contribution >= 4 is 25.7 Å². The van der Waals surface area contributed by atoms with Gasteiger partial charge in [-0.2, -0.15) is 0 Å². The Morgan fingerprint density at radius 3 is 1.06 bits per heavy atom. The van der Waals surface area contributed by atoms with Gasteiger partial charge in [-0.05, 0) is 122 Å². The summed E-state index contributed by atoms with van der Waals surface area (Å²) in [6.45, 7) is 4.34. The lowest BCUT2D eigenvalue weighted by Crippen LogP contribution is -2.30. The minimum Gasteiger partial charge on any atom is -0.462 e. The number of carbonyl (C=O) groups is 3. The van der Waals surface area contributed by atoms with E-state index in [2.05, 4.69) is 130 Å². The van der Waals surface area contributed by atoms with Crippen molar-refractivity contribution in [2.75, 3.05) is 26.4 Å². The number of aliphatic hydroxyl groups is 1. The molecule has 80 heavy (non-hydrogen) atoms. The van der Waals surface area contributed by atoms with Gasteiger partial charge in [0, 0.05) is 19.3 Å². The SMILES string of the molecule is CC/C=C\C/C=C\C/C=C\C/C=C\C/C=C\CCCC(=O)OC(CO)COP(=O)(O)OCC(COC(=O)CCCCCCCCC/C=C\CCCCCCCC)OC(=O)CCCCCCCC/C=C\C/C=C\C/C=C\C/C=C\CC. The lowest BCUT2D eigenvalue weighted by Gasteiger charge is -2.21. The predicted molar refractivity (Wildman–Crippen MR) is 334 cm³/mol. The summed E-state index contributed by atoms with van der Waals surface area (Å²) in [6, 6.07) is 0. The van der Waals surface area contributed by atoms with Crippen LogP contribution < -0.4 is 0 Å². The average molecular weight is 1140 g/mol. The lowest BCUT2D eigenvalue weighted by atomic mass is 10.1. The fourth-order valence-corrected chi connectivity index (χ4v) is 8.93. The van der Waals surface area contributed by atoms with Gasteiger partial charge in [-0.3, -0.25) is 23.4 Å². The summed E-state index contributed by atoms with van der Waals surface area (Å²) in [4.78, 5) is 48.7. The number of phosphoric acid groups is 1. The van der Waals surface area contributed by atoms with Crippen LogP contribution in [-0.2, 0) is 42.2 Å². The fraction of sp³-hybridized carbons (Fsp3) is 0.662. The number of aliphatic hydroxyl groups excluding tert-OH is 1. The molecule has 0 saturated heterocycles. The largest absolute Gasteiger partial charge is 0.472 e. The Morgan fingerprint density at radius 2 is 0.662 bits per heavy atom. The second kappa shape index (κ2) is 61.0. The Kier molecular flexibility index (Phi) is 57.8. The van der Waals surface area contributed by atoms with Gasteiger partial charge >= 0.3 is 25.7 Å². The molecule has 0 bridgehead atoms. The summed E-state index contributed by atoms with van der Waals surface area (Å²) in [5.41, 5.74) is 0. The van der Waals surface area contributed by atoms with E-state index in [1.807, 2.05) is 12.2 Å². The summed E-state index contributed by atoms with van der Waals surface area (Å²) >= 11 is 0. The highest BCUT2D eigenvalue weighted by Crippen LogP contribution is 2.43. The molecule has 0 aromatic heterocycles. The van der Waals surface area contributed by atoms with Crippen LogP contribution in [0.25, 0.3) is 0 Å². The molecule has 0 heterocycles. The second-order valence-electron chi connectivity index (χ2n) is 20.5. The molecule has 0 fully saturated rings. The monoisotopic (exact) mass is 1140 g/mol. The average Bonchev–Trinajstić information content (AvgIpc) is 3.45. The second-order valence-corrected chi connectivity index (χ2v) is 21.9. The Hall–Kier alpha value is -4.12. The standard InChI is InChI=1S/C68H113O11P/c1-4-7-10-13-16-19-22-25-28-31-32-35-38-41-44-47-50-53-56-59-68(72)79-65(61-75-66(70)57-54-51-48-45-42-39-36-33-29-26-23-20-17-14-11-8-5-2)63-77-80(73,74)76-62-64(60-69)78-67(71)58-55-52-49-46-43-40-37-34-30-27-24-21-18-15-12-9-6-3/h7,9-10,12,16,18-19,21,25-30,32,35,37,40,46,49,64-65,69H,4-6,8,11,13-15,17,20,22-24,31,33-34,36,38-39,41-45,47-48,50-63H2,1-3H3,(H,73,74)/b10-7-,12-9-,19-16-,21-18-,28-25-,29-26-,30-27-,35-32-,40-37-,49-46-. The third kappa shape index (κ3) is 58.5. The zero-order valence-electron chi connectivity index (χ0n) is 50.5. The van der Waals surface area contributed by atoms with Gasteiger partial charge in [0.2, 0.25) is 0 Å². The minimum atomic E-state index is -4.78. The van der Waals surface area contributed by atoms with Crippen LogP contribution in [0.1, 0.15) is 252 Å². The van der Waals surface area contributed by atoms with Gasteiger partial charge in [-0.25, -0.2) is 4.57 Å². The van der Waals surface area contributed by atoms with Crippen molar-refractivity contribution in [3.05, 3.63) is 122 Å². The molecule has 0 amide bonds. The molecule has 0 aromatic rings. The van der Waals surface area contributed by atoms with E-state index in [1.54, 1.807) is 0 Å². The number of rotatable bonds is 57. The third-order valence-corrected chi connectivity index (χ3v) is 13.8. The maximum absolute atomic E-state index is 13.0. The van der Waals surface area contributed by atoms with Crippen LogP contribution >= 0.6 is 7.82 Å². The highest BCUT2D eigenvalue weighted by molar-refractivity contribution is 7.47. The summed E-state index contributed by atoms with van der Waals surface area (Å²) in [5.74, 6) is -1.55. The van der Waals surface area contributed by atoms with E-state index in [9.17, 15) is 28.9 Å². The Labute approximate surface area is 487 Å². The molecule has 456 valence electrons. The summed E-state index contributed by atoms with van der Waals surface area (Å²) in [7, 11) is -4.78. The van der Waals surface area contributed by atoms with Crippen molar-refractivity contribution in [1.82, 2.24) is 0 Å². The van der Waals surface area contributed by atoms with E-state index in [-0.39, 0.29) is 25.9 Å². The van der Waals surface area contributed by atoms with Crippen LogP contribution in [0.4, 0.5) is 0 Å². The number of allylic oxidation sites excluding steroid dienone is 20. The van der Waals surface area contributed by atoms with E-state index < -0.39 is 57.8 Å². The minimum absolute atomic E-state index is 0.0921. The van der Waals surface area contributed by atoms with E-state index >= 15 is 0 Å².